The second-order valence-electron chi connectivity index (χ2n) is 3.38. The molecule has 0 saturated heterocycles. The van der Waals surface area contributed by atoms with Crippen molar-refractivity contribution in [3.8, 4) is 0 Å². The van der Waals surface area contributed by atoms with E-state index in [9.17, 15) is 4.79 Å². The van der Waals surface area contributed by atoms with Crippen molar-refractivity contribution in [1.82, 2.24) is 5.16 Å². The minimum Gasteiger partial charge on any atom is -0.481 e. The topological polar surface area (TPSA) is 63.3 Å². The van der Waals surface area contributed by atoms with E-state index in [0.717, 1.165) is 28.6 Å². The molecule has 1 aromatic heterocycles. The van der Waals surface area contributed by atoms with Gasteiger partial charge in [0, 0.05) is 11.8 Å². The van der Waals surface area contributed by atoms with Crippen molar-refractivity contribution >= 4 is 16.9 Å². The van der Waals surface area contributed by atoms with Gasteiger partial charge in [0.1, 0.15) is 11.3 Å². The van der Waals surface area contributed by atoms with Crippen LogP contribution in [-0.2, 0) is 17.6 Å². The van der Waals surface area contributed by atoms with Crippen LogP contribution in [0.5, 0.6) is 0 Å². The van der Waals surface area contributed by atoms with E-state index in [1.54, 1.807) is 12.1 Å². The van der Waals surface area contributed by atoms with Gasteiger partial charge in [-0.1, -0.05) is 18.1 Å². The van der Waals surface area contributed by atoms with E-state index in [0.29, 0.717) is 0 Å². The van der Waals surface area contributed by atoms with Crippen LogP contribution < -0.4 is 0 Å². The molecule has 1 heterocycles. The molecule has 0 aliphatic rings. The average molecular weight is 205 g/mol. The van der Waals surface area contributed by atoms with E-state index in [4.69, 9.17) is 9.63 Å². The molecular formula is C11H11NO3. The Labute approximate surface area is 86.5 Å². The van der Waals surface area contributed by atoms with Crippen LogP contribution in [0.3, 0.4) is 0 Å². The fourth-order valence-electron chi connectivity index (χ4n) is 1.58. The van der Waals surface area contributed by atoms with E-state index in [-0.39, 0.29) is 6.42 Å². The van der Waals surface area contributed by atoms with Crippen LogP contribution in [-0.4, -0.2) is 16.2 Å². The molecule has 0 spiro atoms. The van der Waals surface area contributed by atoms with Crippen LogP contribution in [0.1, 0.15) is 18.2 Å². The molecule has 0 unspecified atom stereocenters. The van der Waals surface area contributed by atoms with Crippen LogP contribution in [0.25, 0.3) is 10.9 Å². The molecule has 2 aromatic rings. The number of hydrogen-bond acceptors (Lipinski definition) is 3. The highest BCUT2D eigenvalue weighted by Gasteiger charge is 2.08. The van der Waals surface area contributed by atoms with Gasteiger partial charge in [0.25, 0.3) is 0 Å². The average Bonchev–Trinajstić information content (AvgIpc) is 2.58. The van der Waals surface area contributed by atoms with Gasteiger partial charge in [-0.2, -0.15) is 0 Å². The number of fused-ring (bicyclic) bond motifs is 1. The zero-order valence-electron chi connectivity index (χ0n) is 8.36. The maximum absolute atomic E-state index is 10.5. The van der Waals surface area contributed by atoms with E-state index in [2.05, 4.69) is 5.16 Å². The molecule has 15 heavy (non-hydrogen) atoms. The first-order valence-corrected chi connectivity index (χ1v) is 4.79. The number of carbonyl (C=O) groups is 1. The van der Waals surface area contributed by atoms with Crippen LogP contribution in [0, 0.1) is 0 Å². The Morgan fingerprint density at radius 3 is 3.00 bits per heavy atom. The Morgan fingerprint density at radius 2 is 2.33 bits per heavy atom. The van der Waals surface area contributed by atoms with Gasteiger partial charge in [0.2, 0.25) is 0 Å². The van der Waals surface area contributed by atoms with Crippen LogP contribution in [0.15, 0.2) is 22.7 Å². The zero-order valence-corrected chi connectivity index (χ0v) is 8.36. The molecule has 1 aromatic carbocycles. The third-order valence-corrected chi connectivity index (χ3v) is 2.29. The molecule has 2 rings (SSSR count). The lowest BCUT2D eigenvalue weighted by atomic mass is 10.1. The third kappa shape index (κ3) is 1.83. The summed E-state index contributed by atoms with van der Waals surface area (Å²) in [6.07, 6.45) is 0.805. The minimum atomic E-state index is -0.839. The number of aromatic nitrogens is 1. The first-order valence-electron chi connectivity index (χ1n) is 4.79. The van der Waals surface area contributed by atoms with Gasteiger partial charge in [0.15, 0.2) is 0 Å². The number of aryl methyl sites for hydroxylation is 1. The van der Waals surface area contributed by atoms with Crippen LogP contribution >= 0.6 is 0 Å². The monoisotopic (exact) mass is 205 g/mol. The number of carboxylic acids is 1. The smallest absolute Gasteiger partial charge is 0.307 e. The van der Waals surface area contributed by atoms with Crippen LogP contribution in [0.4, 0.5) is 0 Å². The highest BCUT2D eigenvalue weighted by Crippen LogP contribution is 2.20. The molecule has 0 fully saturated rings. The van der Waals surface area contributed by atoms with E-state index in [1.165, 1.54) is 0 Å². The number of hydrogen-bond donors (Lipinski definition) is 1. The van der Waals surface area contributed by atoms with Crippen molar-refractivity contribution in [1.29, 1.82) is 0 Å². The van der Waals surface area contributed by atoms with Gasteiger partial charge in [-0.05, 0) is 17.7 Å². The molecule has 4 nitrogen and oxygen atoms in total. The van der Waals surface area contributed by atoms with Gasteiger partial charge in [-0.15, -0.1) is 0 Å². The maximum Gasteiger partial charge on any atom is 0.307 e. The highest BCUT2D eigenvalue weighted by molar-refractivity contribution is 5.82. The highest BCUT2D eigenvalue weighted by atomic mass is 16.5. The van der Waals surface area contributed by atoms with Gasteiger partial charge in [0.05, 0.1) is 6.42 Å². The molecular weight excluding hydrogens is 194 g/mol. The van der Waals surface area contributed by atoms with Gasteiger partial charge in [-0.25, -0.2) is 0 Å². The SMILES string of the molecule is CCc1onc2cc(CC(=O)O)ccc12. The van der Waals surface area contributed by atoms with E-state index >= 15 is 0 Å². The Kier molecular flexibility index (Phi) is 2.41. The molecule has 0 aliphatic heterocycles. The molecule has 0 radical (unpaired) electrons. The van der Waals surface area contributed by atoms with Crippen molar-refractivity contribution in [3.63, 3.8) is 0 Å². The molecule has 4 heteroatoms. The number of rotatable bonds is 3. The normalized spacial score (nSPS) is 10.7. The molecule has 0 aliphatic carbocycles. The fourth-order valence-corrected chi connectivity index (χ4v) is 1.58. The maximum atomic E-state index is 10.5. The predicted molar refractivity (Wildman–Crippen MR) is 54.7 cm³/mol. The predicted octanol–water partition coefficient (Wildman–Crippen LogP) is 2.02. The van der Waals surface area contributed by atoms with Gasteiger partial charge >= 0.3 is 5.97 Å². The Hall–Kier alpha value is -1.84. The Bertz CT molecular complexity index is 502. The standard InChI is InChI=1S/C11H11NO3/c1-2-10-8-4-3-7(6-11(13)14)5-9(8)12-15-10/h3-5H,2,6H2,1H3,(H,13,14). The van der Waals surface area contributed by atoms with E-state index in [1.807, 2.05) is 13.0 Å². The third-order valence-electron chi connectivity index (χ3n) is 2.29. The molecule has 0 bridgehead atoms. The number of benzene rings is 1. The quantitative estimate of drug-likeness (QED) is 0.832. The number of carboxylic acid groups (broad SMARTS) is 1. The largest absolute Gasteiger partial charge is 0.481 e. The lowest BCUT2D eigenvalue weighted by molar-refractivity contribution is -0.136. The summed E-state index contributed by atoms with van der Waals surface area (Å²) in [5.74, 6) is 0.000403. The molecule has 78 valence electrons. The number of nitrogens with zero attached hydrogens (tertiary/aromatic N) is 1. The Balaban J connectivity index is 2.44. The first-order chi connectivity index (χ1) is 7.20. The zero-order chi connectivity index (χ0) is 10.8. The van der Waals surface area contributed by atoms with Gasteiger partial charge in [-0.3, -0.25) is 4.79 Å². The van der Waals surface area contributed by atoms with Crippen molar-refractivity contribution < 1.29 is 14.4 Å². The lowest BCUT2D eigenvalue weighted by Gasteiger charge is -1.96. The second kappa shape index (κ2) is 3.73. The summed E-state index contributed by atoms with van der Waals surface area (Å²) < 4.78 is 5.13. The summed E-state index contributed by atoms with van der Waals surface area (Å²) in [5.41, 5.74) is 1.47. The molecule has 0 amide bonds. The molecule has 0 saturated carbocycles. The molecule has 0 atom stereocenters. The van der Waals surface area contributed by atoms with Crippen molar-refractivity contribution in [2.24, 2.45) is 0 Å². The van der Waals surface area contributed by atoms with E-state index < -0.39 is 5.97 Å². The van der Waals surface area contributed by atoms with Gasteiger partial charge < -0.3 is 9.63 Å². The summed E-state index contributed by atoms with van der Waals surface area (Å²) in [7, 11) is 0. The summed E-state index contributed by atoms with van der Waals surface area (Å²) in [6, 6.07) is 5.42. The first kappa shape index (κ1) is 9.71. The summed E-state index contributed by atoms with van der Waals surface area (Å²) in [6.45, 7) is 1.99. The molecule has 1 N–H and O–H groups in total. The summed E-state index contributed by atoms with van der Waals surface area (Å²) >= 11 is 0. The Morgan fingerprint density at radius 1 is 1.53 bits per heavy atom. The second-order valence-corrected chi connectivity index (χ2v) is 3.38. The minimum absolute atomic E-state index is 0.0181. The van der Waals surface area contributed by atoms with Crippen molar-refractivity contribution in [3.05, 3.63) is 29.5 Å². The van der Waals surface area contributed by atoms with Crippen LogP contribution in [0.2, 0.25) is 0 Å². The van der Waals surface area contributed by atoms with Crippen molar-refractivity contribution in [2.75, 3.05) is 0 Å². The number of aliphatic carboxylic acids is 1. The lowest BCUT2D eigenvalue weighted by Crippen LogP contribution is -1.99. The van der Waals surface area contributed by atoms with Crippen molar-refractivity contribution in [2.45, 2.75) is 19.8 Å². The summed E-state index contributed by atoms with van der Waals surface area (Å²) in [4.78, 5) is 10.5. The summed E-state index contributed by atoms with van der Waals surface area (Å²) in [5, 5.41) is 13.5. The fraction of sp³-hybridized carbons (Fsp3) is 0.273.